The molecule has 2 aromatic carbocycles. The number of aromatic nitrogens is 4. The van der Waals surface area contributed by atoms with Gasteiger partial charge < -0.3 is 19.3 Å². The number of hydrogen-bond acceptors (Lipinski definition) is 8. The predicted molar refractivity (Wildman–Crippen MR) is 271 cm³/mol. The van der Waals surface area contributed by atoms with Crippen molar-refractivity contribution >= 4 is 43.7 Å². The zero-order chi connectivity index (χ0) is 49.1. The summed E-state index contributed by atoms with van der Waals surface area (Å²) < 4.78 is 15.8. The second-order valence-corrected chi connectivity index (χ2v) is 21.2. The van der Waals surface area contributed by atoms with Gasteiger partial charge in [-0.1, -0.05) is 12.1 Å². The molecule has 2 atom stereocenters. The number of carbonyl (C=O) groups excluding carboxylic acids is 2. The van der Waals surface area contributed by atoms with Crippen LogP contribution in [0.2, 0.25) is 0 Å². The zero-order valence-corrected chi connectivity index (χ0v) is 43.6. The quantitative estimate of drug-likeness (QED) is 0.114. The van der Waals surface area contributed by atoms with Crippen molar-refractivity contribution in [2.75, 3.05) is 40.4 Å². The molecule has 14 heteroatoms. The number of carbonyl (C=O) groups is 2. The average molecular weight is 1070 g/mol. The number of piperidine rings is 2. The van der Waals surface area contributed by atoms with Crippen molar-refractivity contribution < 1.29 is 38.9 Å². The summed E-state index contributed by atoms with van der Waals surface area (Å²) in [6.45, 7) is 7.21. The van der Waals surface area contributed by atoms with Gasteiger partial charge in [-0.05, 0) is 178 Å². The lowest BCUT2D eigenvalue weighted by Crippen LogP contribution is -2.41. The van der Waals surface area contributed by atoms with E-state index >= 15 is 0 Å². The van der Waals surface area contributed by atoms with E-state index in [1.54, 1.807) is 63.3 Å². The van der Waals surface area contributed by atoms with Crippen molar-refractivity contribution in [1.82, 2.24) is 19.8 Å². The van der Waals surface area contributed by atoms with E-state index in [4.69, 9.17) is 19.4 Å². The van der Waals surface area contributed by atoms with E-state index in [0.717, 1.165) is 130 Å². The van der Waals surface area contributed by atoms with Crippen LogP contribution in [0.4, 0.5) is 0 Å². The Kier molecular flexibility index (Phi) is 15.2. The Morgan fingerprint density at radius 1 is 0.586 bits per heavy atom. The van der Waals surface area contributed by atoms with Crippen molar-refractivity contribution in [3.05, 3.63) is 174 Å². The van der Waals surface area contributed by atoms with Gasteiger partial charge in [0.2, 0.25) is 36.6 Å². The third-order valence-electron chi connectivity index (χ3n) is 14.9. The number of aryl methyl sites for hydroxylation is 6. The van der Waals surface area contributed by atoms with Gasteiger partial charge in [0, 0.05) is 104 Å². The summed E-state index contributed by atoms with van der Waals surface area (Å²) in [5.41, 5.74) is 14.4. The molecular formula is C56H62Br2N6O6+2. The molecule has 2 aliphatic heterocycles. The molecule has 10 rings (SSSR count). The van der Waals surface area contributed by atoms with Gasteiger partial charge in [-0.2, -0.15) is 0 Å². The topological polar surface area (TPSA) is 133 Å². The number of rotatable bonds is 8. The van der Waals surface area contributed by atoms with Crippen LogP contribution in [-0.4, -0.2) is 82.4 Å². The van der Waals surface area contributed by atoms with Gasteiger partial charge in [-0.15, -0.1) is 0 Å². The summed E-state index contributed by atoms with van der Waals surface area (Å²) in [6.07, 6.45) is 18.3. The van der Waals surface area contributed by atoms with Gasteiger partial charge >= 0.3 is 0 Å². The monoisotopic (exact) mass is 1070 g/mol. The molecule has 0 radical (unpaired) electrons. The molecule has 0 bridgehead atoms. The van der Waals surface area contributed by atoms with Crippen molar-refractivity contribution in [3.63, 3.8) is 0 Å². The molecule has 12 nitrogen and oxygen atoms in total. The van der Waals surface area contributed by atoms with E-state index in [-0.39, 0.29) is 23.7 Å². The molecule has 0 saturated carbocycles. The zero-order valence-electron chi connectivity index (χ0n) is 40.4. The number of pyridine rings is 4. The summed E-state index contributed by atoms with van der Waals surface area (Å²) in [5, 5.41) is 18.8. The van der Waals surface area contributed by atoms with Crippen LogP contribution in [0, 0.1) is 25.7 Å². The van der Waals surface area contributed by atoms with Crippen molar-refractivity contribution in [2.24, 2.45) is 11.8 Å². The Labute approximate surface area is 427 Å². The number of ether oxygens (including phenoxy) is 2. The van der Waals surface area contributed by atoms with Crippen LogP contribution in [0.3, 0.4) is 0 Å². The maximum atomic E-state index is 13.0. The summed E-state index contributed by atoms with van der Waals surface area (Å²) in [4.78, 5) is 39.8. The predicted octanol–water partition coefficient (Wildman–Crippen LogP) is 8.80. The van der Waals surface area contributed by atoms with E-state index in [1.165, 1.54) is 44.5 Å². The Hall–Kier alpha value is -5.86. The molecule has 6 aromatic rings. The van der Waals surface area contributed by atoms with Crippen LogP contribution >= 0.6 is 31.9 Å². The molecule has 2 aliphatic carbocycles. The SMILES string of the molecule is COc1cc(C)cc2c1C(C1CCN(C(=O)Cc3cc[n+](O)cc3)CC1)c1ncc(Br)cc1CC2.COc1cc(C)cc2c1C(C1CCN(C(=O)Cc3cc[n+](O)cc3)CC1)c1ncc(Br)cc1CC2. The number of benzene rings is 2. The maximum Gasteiger partial charge on any atom is 0.226 e. The van der Waals surface area contributed by atoms with Crippen LogP contribution in [0.5, 0.6) is 11.5 Å². The molecule has 2 amide bonds. The average Bonchev–Trinajstić information content (AvgIpc) is 3.62. The number of nitrogens with zero attached hydrogens (tertiary/aromatic N) is 6. The molecule has 2 fully saturated rings. The molecular weight excluding hydrogens is 1010 g/mol. The second kappa shape index (κ2) is 21.6. The molecule has 4 aliphatic rings. The number of amides is 2. The smallest absolute Gasteiger partial charge is 0.226 e. The second-order valence-electron chi connectivity index (χ2n) is 19.4. The normalized spacial score (nSPS) is 17.9. The van der Waals surface area contributed by atoms with Gasteiger partial charge in [-0.3, -0.25) is 30.0 Å². The highest BCUT2D eigenvalue weighted by atomic mass is 79.9. The van der Waals surface area contributed by atoms with Gasteiger partial charge in [0.15, 0.2) is 0 Å². The van der Waals surface area contributed by atoms with E-state index in [2.05, 4.69) is 82.1 Å². The molecule has 2 N–H and O–H groups in total. The molecule has 6 heterocycles. The number of halogens is 2. The van der Waals surface area contributed by atoms with Gasteiger partial charge in [0.1, 0.15) is 11.5 Å². The van der Waals surface area contributed by atoms with Crippen LogP contribution in [0.15, 0.2) is 107 Å². The fourth-order valence-corrected chi connectivity index (χ4v) is 12.2. The fourth-order valence-electron chi connectivity index (χ4n) is 11.5. The summed E-state index contributed by atoms with van der Waals surface area (Å²) >= 11 is 7.23. The molecule has 0 spiro atoms. The molecule has 4 aromatic heterocycles. The molecule has 2 saturated heterocycles. The van der Waals surface area contributed by atoms with Gasteiger partial charge in [0.25, 0.3) is 0 Å². The van der Waals surface area contributed by atoms with E-state index < -0.39 is 0 Å². The van der Waals surface area contributed by atoms with E-state index in [9.17, 15) is 20.0 Å². The van der Waals surface area contributed by atoms with Crippen LogP contribution in [-0.2, 0) is 48.1 Å². The Bertz CT molecular complexity index is 2670. The molecule has 2 unspecified atom stereocenters. The minimum Gasteiger partial charge on any atom is -0.496 e. The first-order chi connectivity index (χ1) is 33.8. The highest BCUT2D eigenvalue weighted by molar-refractivity contribution is 9.10. The first kappa shape index (κ1) is 49.1. The highest BCUT2D eigenvalue weighted by Crippen LogP contribution is 2.48. The lowest BCUT2D eigenvalue weighted by atomic mass is 9.76. The van der Waals surface area contributed by atoms with Crippen molar-refractivity contribution in [3.8, 4) is 11.5 Å². The van der Waals surface area contributed by atoms with Crippen LogP contribution in [0.25, 0.3) is 0 Å². The number of hydrogen-bond donors (Lipinski definition) is 2. The third kappa shape index (κ3) is 10.9. The van der Waals surface area contributed by atoms with Crippen LogP contribution < -0.4 is 18.9 Å². The fraction of sp³-hybridized carbons (Fsp3) is 0.393. The number of fused-ring (bicyclic) bond motifs is 4. The van der Waals surface area contributed by atoms with Crippen LogP contribution in [0.1, 0.15) is 105 Å². The van der Waals surface area contributed by atoms with Gasteiger partial charge in [-0.25, -0.2) is 0 Å². The van der Waals surface area contributed by atoms with E-state index in [0.29, 0.717) is 24.7 Å². The lowest BCUT2D eigenvalue weighted by Gasteiger charge is -2.37. The Morgan fingerprint density at radius 2 is 0.943 bits per heavy atom. The summed E-state index contributed by atoms with van der Waals surface area (Å²) in [7, 11) is 3.52. The number of likely N-dealkylation sites (tertiary alicyclic amines) is 2. The Balaban J connectivity index is 0.000000174. The third-order valence-corrected chi connectivity index (χ3v) is 15.7. The summed E-state index contributed by atoms with van der Waals surface area (Å²) in [6, 6.07) is 20.5. The van der Waals surface area contributed by atoms with Crippen molar-refractivity contribution in [2.45, 2.75) is 89.9 Å². The van der Waals surface area contributed by atoms with E-state index in [1.807, 2.05) is 22.2 Å². The Morgan fingerprint density at radius 3 is 1.30 bits per heavy atom. The maximum absolute atomic E-state index is 13.0. The largest absolute Gasteiger partial charge is 0.496 e. The minimum atomic E-state index is 0.135. The number of methoxy groups -OCH3 is 2. The standard InChI is InChI=1S/2C28H31BrN3O3/c2*1-18-13-21-3-4-22-16-23(29)17-30-28(22)27(26(21)24(14-18)35-2)20-7-9-31(10-8-20)25(33)15-19-5-11-32(34)12-6-19/h2*5-6,11-14,16-17,20,27,34H,3-4,7-10,15H2,1-2H3/q2*+1. The highest BCUT2D eigenvalue weighted by Gasteiger charge is 2.39. The van der Waals surface area contributed by atoms with Crippen molar-refractivity contribution in [1.29, 1.82) is 0 Å². The minimum absolute atomic E-state index is 0.135. The molecule has 364 valence electrons. The first-order valence-corrected chi connectivity index (χ1v) is 26.0. The lowest BCUT2D eigenvalue weighted by molar-refractivity contribution is -0.904. The van der Waals surface area contributed by atoms with Gasteiger partial charge in [0.05, 0.1) is 38.4 Å². The summed E-state index contributed by atoms with van der Waals surface area (Å²) in [5.74, 6) is 3.23. The first-order valence-electron chi connectivity index (χ1n) is 24.4. The molecule has 70 heavy (non-hydrogen) atoms.